The number of hydrogen-bond donors (Lipinski definition) is 1. The van der Waals surface area contributed by atoms with E-state index in [9.17, 15) is 14.7 Å². The van der Waals surface area contributed by atoms with Gasteiger partial charge in [-0.15, -0.1) is 5.10 Å². The number of likely N-dealkylation sites (tertiary alicyclic amines) is 1. The first-order valence-electron chi connectivity index (χ1n) is 8.00. The van der Waals surface area contributed by atoms with Gasteiger partial charge in [0.1, 0.15) is 0 Å². The molecule has 1 aromatic heterocycles. The Morgan fingerprint density at radius 3 is 2.83 bits per heavy atom. The summed E-state index contributed by atoms with van der Waals surface area (Å²) in [5, 5.41) is 17.3. The van der Waals surface area contributed by atoms with E-state index < -0.39 is 11.9 Å². The molecule has 0 bridgehead atoms. The van der Waals surface area contributed by atoms with E-state index in [1.807, 2.05) is 31.2 Å². The average molecular weight is 328 g/mol. The fourth-order valence-electron chi connectivity index (χ4n) is 3.17. The third-order valence-corrected chi connectivity index (χ3v) is 4.54. The molecule has 1 N–H and O–H groups in total. The first-order chi connectivity index (χ1) is 11.5. The SMILES string of the molecule is Cc1cccc(-n2cc(C(=O)N3CCC[C@@H](C(=O)O)[C@H]3C)nn2)c1. The Labute approximate surface area is 139 Å². The molecule has 7 nitrogen and oxygen atoms in total. The standard InChI is InChI=1S/C17H20N4O3/c1-11-5-3-6-13(9-11)21-10-15(18-19-21)16(22)20-8-4-7-14(12(20)2)17(23)24/h3,5-6,9-10,12,14H,4,7-8H2,1-2H3,(H,23,24)/t12-,14-/m1/s1. The van der Waals surface area contributed by atoms with Gasteiger partial charge in [-0.3, -0.25) is 9.59 Å². The van der Waals surface area contributed by atoms with Gasteiger partial charge in [0, 0.05) is 12.6 Å². The molecular formula is C17H20N4O3. The van der Waals surface area contributed by atoms with E-state index in [1.54, 1.807) is 22.7 Å². The number of carboxylic acids is 1. The lowest BCUT2D eigenvalue weighted by Crippen LogP contribution is -2.49. The van der Waals surface area contributed by atoms with E-state index in [-0.39, 0.29) is 17.6 Å². The summed E-state index contributed by atoms with van der Waals surface area (Å²) in [4.78, 5) is 25.6. The van der Waals surface area contributed by atoms with Gasteiger partial charge in [-0.2, -0.15) is 0 Å². The van der Waals surface area contributed by atoms with E-state index >= 15 is 0 Å². The first-order valence-corrected chi connectivity index (χ1v) is 8.00. The highest BCUT2D eigenvalue weighted by Gasteiger charge is 2.36. The number of aromatic nitrogens is 3. The highest BCUT2D eigenvalue weighted by atomic mass is 16.4. The molecule has 7 heteroatoms. The van der Waals surface area contributed by atoms with Crippen LogP contribution in [0.1, 0.15) is 35.8 Å². The van der Waals surface area contributed by atoms with Crippen LogP contribution in [0.15, 0.2) is 30.5 Å². The van der Waals surface area contributed by atoms with Crippen molar-refractivity contribution in [2.24, 2.45) is 5.92 Å². The third kappa shape index (κ3) is 3.02. The summed E-state index contributed by atoms with van der Waals surface area (Å²) in [7, 11) is 0. The Hall–Kier alpha value is -2.70. The van der Waals surface area contributed by atoms with Crippen molar-refractivity contribution in [3.63, 3.8) is 0 Å². The largest absolute Gasteiger partial charge is 0.481 e. The molecule has 0 aliphatic carbocycles. The summed E-state index contributed by atoms with van der Waals surface area (Å²) in [5.74, 6) is -1.66. The van der Waals surface area contributed by atoms with Crippen molar-refractivity contribution in [2.75, 3.05) is 6.54 Å². The molecule has 2 heterocycles. The topological polar surface area (TPSA) is 88.3 Å². The Bertz CT molecular complexity index is 771. The Morgan fingerprint density at radius 1 is 1.33 bits per heavy atom. The number of carbonyl (C=O) groups excluding carboxylic acids is 1. The number of aryl methyl sites for hydroxylation is 1. The minimum Gasteiger partial charge on any atom is -0.481 e. The van der Waals surface area contributed by atoms with Crippen molar-refractivity contribution in [2.45, 2.75) is 32.7 Å². The monoisotopic (exact) mass is 328 g/mol. The lowest BCUT2D eigenvalue weighted by atomic mass is 9.90. The zero-order valence-corrected chi connectivity index (χ0v) is 13.7. The summed E-state index contributed by atoms with van der Waals surface area (Å²) in [6.07, 6.45) is 2.86. The summed E-state index contributed by atoms with van der Waals surface area (Å²) < 4.78 is 1.56. The Balaban J connectivity index is 1.82. The van der Waals surface area contributed by atoms with E-state index in [1.165, 1.54) is 0 Å². The number of amides is 1. The van der Waals surface area contributed by atoms with Crippen molar-refractivity contribution < 1.29 is 14.7 Å². The second kappa shape index (κ2) is 6.43. The number of carboxylic acid groups (broad SMARTS) is 1. The van der Waals surface area contributed by atoms with Crippen LogP contribution in [0.3, 0.4) is 0 Å². The maximum atomic E-state index is 12.7. The zero-order chi connectivity index (χ0) is 17.3. The molecule has 1 aromatic carbocycles. The van der Waals surface area contributed by atoms with Crippen LogP contribution in [-0.4, -0.2) is 49.5 Å². The number of rotatable bonds is 3. The molecule has 1 amide bonds. The molecule has 1 saturated heterocycles. The molecule has 3 rings (SSSR count). The van der Waals surface area contributed by atoms with Crippen LogP contribution in [0.5, 0.6) is 0 Å². The lowest BCUT2D eigenvalue weighted by Gasteiger charge is -2.36. The van der Waals surface area contributed by atoms with Crippen LogP contribution in [0, 0.1) is 12.8 Å². The molecule has 24 heavy (non-hydrogen) atoms. The molecule has 2 aromatic rings. The van der Waals surface area contributed by atoms with Crippen molar-refractivity contribution in [1.82, 2.24) is 19.9 Å². The minimum absolute atomic E-state index is 0.231. The van der Waals surface area contributed by atoms with Crippen molar-refractivity contribution in [3.05, 3.63) is 41.7 Å². The summed E-state index contributed by atoms with van der Waals surface area (Å²) in [5.41, 5.74) is 2.15. The molecule has 1 aliphatic heterocycles. The quantitative estimate of drug-likeness (QED) is 0.929. The number of aliphatic carboxylic acids is 1. The summed E-state index contributed by atoms with van der Waals surface area (Å²) in [6, 6.07) is 7.38. The average Bonchev–Trinajstić information content (AvgIpc) is 3.04. The van der Waals surface area contributed by atoms with Crippen LogP contribution in [0.25, 0.3) is 5.69 Å². The Kier molecular flexibility index (Phi) is 4.33. The minimum atomic E-state index is -0.858. The van der Waals surface area contributed by atoms with Gasteiger partial charge in [0.15, 0.2) is 5.69 Å². The van der Waals surface area contributed by atoms with Gasteiger partial charge in [-0.05, 0) is 44.4 Å². The van der Waals surface area contributed by atoms with Gasteiger partial charge in [0.25, 0.3) is 5.91 Å². The zero-order valence-electron chi connectivity index (χ0n) is 13.7. The number of piperidine rings is 1. The number of nitrogens with zero attached hydrogens (tertiary/aromatic N) is 4. The maximum absolute atomic E-state index is 12.7. The lowest BCUT2D eigenvalue weighted by molar-refractivity contribution is -0.144. The second-order valence-corrected chi connectivity index (χ2v) is 6.21. The van der Waals surface area contributed by atoms with Gasteiger partial charge in [0.2, 0.25) is 0 Å². The van der Waals surface area contributed by atoms with Crippen LogP contribution >= 0.6 is 0 Å². The van der Waals surface area contributed by atoms with Crippen molar-refractivity contribution >= 4 is 11.9 Å². The molecule has 0 spiro atoms. The second-order valence-electron chi connectivity index (χ2n) is 6.21. The number of benzene rings is 1. The van der Waals surface area contributed by atoms with E-state index in [0.29, 0.717) is 19.4 Å². The van der Waals surface area contributed by atoms with Crippen LogP contribution in [0.2, 0.25) is 0 Å². The fourth-order valence-corrected chi connectivity index (χ4v) is 3.17. The first kappa shape index (κ1) is 16.2. The van der Waals surface area contributed by atoms with Gasteiger partial charge in [-0.25, -0.2) is 4.68 Å². The van der Waals surface area contributed by atoms with E-state index in [4.69, 9.17) is 0 Å². The van der Waals surface area contributed by atoms with E-state index in [2.05, 4.69) is 10.3 Å². The predicted octanol–water partition coefficient (Wildman–Crippen LogP) is 1.90. The highest BCUT2D eigenvalue weighted by molar-refractivity contribution is 5.92. The molecule has 0 radical (unpaired) electrons. The van der Waals surface area contributed by atoms with Crippen molar-refractivity contribution in [3.8, 4) is 5.69 Å². The third-order valence-electron chi connectivity index (χ3n) is 4.54. The molecular weight excluding hydrogens is 308 g/mol. The van der Waals surface area contributed by atoms with Gasteiger partial charge >= 0.3 is 5.97 Å². The Morgan fingerprint density at radius 2 is 2.12 bits per heavy atom. The summed E-state index contributed by atoms with van der Waals surface area (Å²) >= 11 is 0. The van der Waals surface area contributed by atoms with Gasteiger partial charge in [0.05, 0.1) is 17.8 Å². The van der Waals surface area contributed by atoms with Gasteiger partial charge in [-0.1, -0.05) is 17.3 Å². The molecule has 0 saturated carbocycles. The molecule has 2 atom stereocenters. The van der Waals surface area contributed by atoms with Crippen LogP contribution in [0.4, 0.5) is 0 Å². The normalized spacial score (nSPS) is 20.8. The van der Waals surface area contributed by atoms with Crippen LogP contribution < -0.4 is 0 Å². The molecule has 1 aliphatic rings. The number of carbonyl (C=O) groups is 2. The predicted molar refractivity (Wildman–Crippen MR) is 87.0 cm³/mol. The van der Waals surface area contributed by atoms with Crippen molar-refractivity contribution in [1.29, 1.82) is 0 Å². The molecule has 1 fully saturated rings. The van der Waals surface area contributed by atoms with Gasteiger partial charge < -0.3 is 10.0 Å². The van der Waals surface area contributed by atoms with Crippen LogP contribution in [-0.2, 0) is 4.79 Å². The molecule has 0 unspecified atom stereocenters. The smallest absolute Gasteiger partial charge is 0.308 e. The highest BCUT2D eigenvalue weighted by Crippen LogP contribution is 2.25. The summed E-state index contributed by atoms with van der Waals surface area (Å²) in [6.45, 7) is 4.30. The van der Waals surface area contributed by atoms with E-state index in [0.717, 1.165) is 11.3 Å². The maximum Gasteiger partial charge on any atom is 0.308 e. The number of hydrogen-bond acceptors (Lipinski definition) is 4. The molecule has 126 valence electrons. The fraction of sp³-hybridized carbons (Fsp3) is 0.412.